The fraction of sp³-hybridized carbons (Fsp3) is 0.323. The Kier molecular flexibility index (Phi) is 10.9. The molecule has 2 unspecified atom stereocenters. The molecule has 2 aromatic heterocycles. The average Bonchev–Trinajstić information content (AvgIpc) is 3.69. The molecule has 0 aliphatic heterocycles. The summed E-state index contributed by atoms with van der Waals surface area (Å²) in [5, 5.41) is 48.6. The molecule has 2 heterocycles. The van der Waals surface area contributed by atoms with Crippen molar-refractivity contribution >= 4 is 0 Å². The van der Waals surface area contributed by atoms with Crippen LogP contribution in [0.3, 0.4) is 0 Å². The highest BCUT2D eigenvalue weighted by molar-refractivity contribution is 5.58. The van der Waals surface area contributed by atoms with E-state index in [1.165, 1.54) is 0 Å². The number of imidazole rings is 2. The van der Waals surface area contributed by atoms with Gasteiger partial charge in [-0.15, -0.1) is 0 Å². The molecule has 42 heavy (non-hydrogen) atoms. The smallest absolute Gasteiger partial charge is 0.141 e. The molecule has 0 saturated heterocycles. The largest absolute Gasteiger partial charge is 0.392 e. The van der Waals surface area contributed by atoms with Crippen LogP contribution in [0.15, 0.2) is 60.9 Å². The van der Waals surface area contributed by atoms with Crippen LogP contribution in [0.25, 0.3) is 11.4 Å². The van der Waals surface area contributed by atoms with Gasteiger partial charge in [0.2, 0.25) is 0 Å². The molecular weight excluding hydrogens is 534 g/mol. The third-order valence-corrected chi connectivity index (χ3v) is 6.79. The number of benzene rings is 2. The van der Waals surface area contributed by atoms with Crippen LogP contribution in [0, 0.1) is 34.0 Å². The van der Waals surface area contributed by atoms with Crippen LogP contribution in [0.4, 0.5) is 0 Å². The molecule has 0 aliphatic carbocycles. The highest BCUT2D eigenvalue weighted by Crippen LogP contribution is 2.39. The van der Waals surface area contributed by atoms with Gasteiger partial charge in [-0.3, -0.25) is 0 Å². The molecule has 2 aromatic carbocycles. The number of hydrogen-bond donors (Lipinski definition) is 3. The molecule has 0 aliphatic rings. The molecule has 0 spiro atoms. The van der Waals surface area contributed by atoms with Gasteiger partial charge in [0.1, 0.15) is 17.7 Å². The van der Waals surface area contributed by atoms with Crippen LogP contribution < -0.4 is 0 Å². The van der Waals surface area contributed by atoms with Gasteiger partial charge in [-0.2, -0.15) is 15.8 Å². The highest BCUT2D eigenvalue weighted by Gasteiger charge is 2.34. The van der Waals surface area contributed by atoms with E-state index in [0.29, 0.717) is 39.7 Å². The van der Waals surface area contributed by atoms with E-state index < -0.39 is 12.0 Å². The Morgan fingerprint density at radius 2 is 1.62 bits per heavy atom. The second-order valence-corrected chi connectivity index (χ2v) is 9.36. The zero-order valence-corrected chi connectivity index (χ0v) is 23.0. The third kappa shape index (κ3) is 6.90. The van der Waals surface area contributed by atoms with Crippen molar-refractivity contribution in [3.63, 3.8) is 0 Å². The lowest BCUT2D eigenvalue weighted by molar-refractivity contribution is 0.107. The summed E-state index contributed by atoms with van der Waals surface area (Å²) in [6, 6.07) is 20.5. The van der Waals surface area contributed by atoms with E-state index >= 15 is 0 Å². The zero-order chi connectivity index (χ0) is 29.7. The van der Waals surface area contributed by atoms with Gasteiger partial charge >= 0.3 is 0 Å². The average molecular weight is 566 g/mol. The first-order valence-electron chi connectivity index (χ1n) is 13.4. The number of ether oxygens (including phenoxy) is 2. The number of aliphatic hydroxyl groups is 2. The summed E-state index contributed by atoms with van der Waals surface area (Å²) in [5.41, 5.74) is 3.75. The van der Waals surface area contributed by atoms with Gasteiger partial charge in [0.25, 0.3) is 0 Å². The summed E-state index contributed by atoms with van der Waals surface area (Å²) < 4.78 is 13.5. The molecule has 4 aromatic rings. The lowest BCUT2D eigenvalue weighted by Crippen LogP contribution is -2.23. The van der Waals surface area contributed by atoms with Gasteiger partial charge in [-0.1, -0.05) is 48.5 Å². The van der Waals surface area contributed by atoms with Crippen LogP contribution in [0.2, 0.25) is 0 Å². The number of nitriles is 3. The molecule has 0 amide bonds. The van der Waals surface area contributed by atoms with Crippen LogP contribution in [0.5, 0.6) is 0 Å². The predicted octanol–water partition coefficient (Wildman–Crippen LogP) is 4.02. The maximum Gasteiger partial charge on any atom is 0.141 e. The molecule has 4 rings (SSSR count). The molecule has 3 N–H and O–H groups in total. The van der Waals surface area contributed by atoms with Crippen molar-refractivity contribution in [2.75, 3.05) is 13.2 Å². The number of aromatic amines is 1. The minimum atomic E-state index is -0.896. The minimum absolute atomic E-state index is 0.0624. The van der Waals surface area contributed by atoms with E-state index in [2.05, 4.69) is 28.2 Å². The fourth-order valence-electron chi connectivity index (χ4n) is 4.80. The van der Waals surface area contributed by atoms with Gasteiger partial charge < -0.3 is 29.2 Å². The van der Waals surface area contributed by atoms with Crippen molar-refractivity contribution in [3.05, 3.63) is 94.8 Å². The molecule has 0 saturated carbocycles. The van der Waals surface area contributed by atoms with Gasteiger partial charge in [0.15, 0.2) is 0 Å². The molecular formula is C31H31N7O4. The summed E-state index contributed by atoms with van der Waals surface area (Å²) >= 11 is 0. The van der Waals surface area contributed by atoms with Gasteiger partial charge in [-0.05, 0) is 16.7 Å². The molecule has 214 valence electrons. The van der Waals surface area contributed by atoms with E-state index in [1.54, 1.807) is 24.5 Å². The first kappa shape index (κ1) is 30.1. The van der Waals surface area contributed by atoms with Crippen molar-refractivity contribution in [2.45, 2.75) is 51.2 Å². The Labute approximate surface area is 243 Å². The van der Waals surface area contributed by atoms with Crippen molar-refractivity contribution in [2.24, 2.45) is 0 Å². The lowest BCUT2D eigenvalue weighted by atomic mass is 9.88. The highest BCUT2D eigenvalue weighted by atomic mass is 16.5. The number of aliphatic hydroxyl groups excluding tert-OH is 2. The summed E-state index contributed by atoms with van der Waals surface area (Å²) in [5.74, 6) is 0.411. The van der Waals surface area contributed by atoms with Crippen molar-refractivity contribution in [3.8, 4) is 29.6 Å². The molecule has 0 radical (unpaired) electrons. The number of rotatable bonds is 15. The van der Waals surface area contributed by atoms with E-state index in [-0.39, 0.29) is 52.5 Å². The number of hydrogen-bond acceptors (Lipinski definition) is 9. The van der Waals surface area contributed by atoms with Crippen LogP contribution in [-0.2, 0) is 35.9 Å². The maximum absolute atomic E-state index is 10.8. The number of aromatic nitrogens is 4. The van der Waals surface area contributed by atoms with E-state index in [9.17, 15) is 15.5 Å². The number of H-pyrrole nitrogens is 1. The predicted molar refractivity (Wildman–Crippen MR) is 151 cm³/mol. The van der Waals surface area contributed by atoms with Crippen LogP contribution in [0.1, 0.15) is 58.7 Å². The SMILES string of the molecule is N#CCCOCc1nc(-c2ccccc2)n(C(C#N)C(c2ccc(CO)c(CO)c2)c2ncc[nH]2)c1COCCC#N. The normalized spacial score (nSPS) is 12.3. The van der Waals surface area contributed by atoms with Gasteiger partial charge in [0, 0.05) is 18.0 Å². The Morgan fingerprint density at radius 1 is 0.905 bits per heavy atom. The lowest BCUT2D eigenvalue weighted by Gasteiger charge is -2.26. The second kappa shape index (κ2) is 15.2. The monoisotopic (exact) mass is 565 g/mol. The van der Waals surface area contributed by atoms with E-state index in [0.717, 1.165) is 5.56 Å². The van der Waals surface area contributed by atoms with Crippen LogP contribution in [-0.4, -0.2) is 42.9 Å². The summed E-state index contributed by atoms with van der Waals surface area (Å²) in [6.07, 6.45) is 3.71. The number of nitrogens with zero attached hydrogens (tertiary/aromatic N) is 6. The first-order chi connectivity index (χ1) is 20.7. The minimum Gasteiger partial charge on any atom is -0.392 e. The van der Waals surface area contributed by atoms with Crippen molar-refractivity contribution in [1.29, 1.82) is 15.8 Å². The summed E-state index contributed by atoms with van der Waals surface area (Å²) in [4.78, 5) is 12.6. The topological polar surface area (TPSA) is 177 Å². The summed E-state index contributed by atoms with van der Waals surface area (Å²) in [6.45, 7) is 0.0490. The quantitative estimate of drug-likeness (QED) is 0.180. The summed E-state index contributed by atoms with van der Waals surface area (Å²) in [7, 11) is 0. The van der Waals surface area contributed by atoms with E-state index in [1.807, 2.05) is 41.0 Å². The zero-order valence-electron chi connectivity index (χ0n) is 23.0. The Bertz CT molecular complexity index is 1560. The first-order valence-corrected chi connectivity index (χ1v) is 13.4. The van der Waals surface area contributed by atoms with Gasteiger partial charge in [-0.25, -0.2) is 9.97 Å². The van der Waals surface area contributed by atoms with Gasteiger partial charge in [0.05, 0.1) is 88.0 Å². The molecule has 0 bridgehead atoms. The maximum atomic E-state index is 10.8. The molecule has 0 fully saturated rings. The Hall–Kier alpha value is -4.83. The fourth-order valence-corrected chi connectivity index (χ4v) is 4.80. The van der Waals surface area contributed by atoms with Crippen molar-refractivity contribution < 1.29 is 19.7 Å². The number of nitrogens with one attached hydrogen (secondary N) is 1. The molecule has 11 heteroatoms. The molecule has 2 atom stereocenters. The Morgan fingerprint density at radius 3 is 2.24 bits per heavy atom. The second-order valence-electron chi connectivity index (χ2n) is 9.36. The molecule has 11 nitrogen and oxygen atoms in total. The van der Waals surface area contributed by atoms with E-state index in [4.69, 9.17) is 25.0 Å². The standard InChI is InChI=1S/C31H31N7O4/c32-10-4-14-41-20-26-28(21-42-15-5-11-33)38(31(37-26)22-6-2-1-3-7-22)27(17-34)29(30-35-12-13-36-30)23-8-9-24(18-39)25(16-23)19-40/h1-3,6-9,12-13,16,27,29,39-40H,4-5,14-15,18-21H2,(H,35,36). The van der Waals surface area contributed by atoms with Crippen LogP contribution >= 0.6 is 0 Å². The van der Waals surface area contributed by atoms with Crippen molar-refractivity contribution in [1.82, 2.24) is 19.5 Å². The Balaban J connectivity index is 1.92. The third-order valence-electron chi connectivity index (χ3n) is 6.79.